The van der Waals surface area contributed by atoms with Crippen LogP contribution < -0.4 is 21.7 Å². The topological polar surface area (TPSA) is 105 Å². The molecule has 0 saturated heterocycles. The van der Waals surface area contributed by atoms with Crippen LogP contribution in [0, 0.1) is 0 Å². The van der Waals surface area contributed by atoms with Gasteiger partial charge in [-0.05, 0) is 24.3 Å². The summed E-state index contributed by atoms with van der Waals surface area (Å²) in [6.07, 6.45) is 3.03. The van der Waals surface area contributed by atoms with Crippen molar-refractivity contribution in [2.45, 2.75) is 0 Å². The van der Waals surface area contributed by atoms with Crippen LogP contribution in [0.15, 0.2) is 58.4 Å². The van der Waals surface area contributed by atoms with E-state index in [1.165, 1.54) is 17.3 Å². The quantitative estimate of drug-likeness (QED) is 0.521. The second-order valence-corrected chi connectivity index (χ2v) is 4.41. The molecular weight excluding hydrogens is 288 g/mol. The molecular formula is C14H10N4O4. The summed E-state index contributed by atoms with van der Waals surface area (Å²) in [5, 5.41) is 10.6. The molecule has 22 heavy (non-hydrogen) atoms. The first kappa shape index (κ1) is 13.6. The van der Waals surface area contributed by atoms with Gasteiger partial charge in [-0.1, -0.05) is 12.1 Å². The third kappa shape index (κ3) is 2.33. The number of rotatable bonds is 5. The molecule has 2 N–H and O–H groups in total. The van der Waals surface area contributed by atoms with Gasteiger partial charge in [0.05, 0.1) is 23.1 Å². The second kappa shape index (κ2) is 5.17. The van der Waals surface area contributed by atoms with Gasteiger partial charge >= 0.3 is 17.1 Å². The lowest BCUT2D eigenvalue weighted by Crippen LogP contribution is -2.33. The average molecular weight is 298 g/mol. The first-order valence-electron chi connectivity index (χ1n) is 6.27. The average Bonchev–Trinajstić information content (AvgIpc) is 3.11. The molecule has 0 radical (unpaired) electrons. The Bertz CT molecular complexity index is 871. The van der Waals surface area contributed by atoms with Crippen molar-refractivity contribution in [3.8, 4) is 0 Å². The number of carbonyl (C=O) groups is 1. The van der Waals surface area contributed by atoms with E-state index in [9.17, 15) is 19.5 Å². The molecule has 3 aromatic rings. The van der Waals surface area contributed by atoms with Gasteiger partial charge in [-0.3, -0.25) is 14.6 Å². The number of benzene rings is 1. The summed E-state index contributed by atoms with van der Waals surface area (Å²) in [5.41, 5.74) is 1.96. The summed E-state index contributed by atoms with van der Waals surface area (Å²) in [7, 11) is 0. The molecule has 1 aromatic carbocycles. The van der Waals surface area contributed by atoms with Gasteiger partial charge in [-0.25, -0.2) is 15.3 Å². The number of carboxylic acids is 1. The highest BCUT2D eigenvalue weighted by atomic mass is 16.4. The summed E-state index contributed by atoms with van der Waals surface area (Å²) in [6.45, 7) is 0. The van der Waals surface area contributed by atoms with Crippen LogP contribution in [0.3, 0.4) is 0 Å². The molecule has 0 amide bonds. The lowest BCUT2D eigenvalue weighted by molar-refractivity contribution is 0.0697. The highest BCUT2D eigenvalue weighted by Gasteiger charge is 2.23. The van der Waals surface area contributed by atoms with Gasteiger partial charge in [0.1, 0.15) is 0 Å². The largest absolute Gasteiger partial charge is 0.478 e. The highest BCUT2D eigenvalue weighted by Crippen LogP contribution is 2.26. The number of para-hydroxylation sites is 1. The number of aromatic carboxylic acids is 1. The maximum Gasteiger partial charge on any atom is 0.341 e. The predicted octanol–water partition coefficient (Wildman–Crippen LogP) is 0.474. The van der Waals surface area contributed by atoms with Crippen LogP contribution in [-0.2, 0) is 0 Å². The number of hydrogen-bond acceptors (Lipinski definition) is 6. The Labute approximate surface area is 123 Å². The Kier molecular flexibility index (Phi) is 3.18. The lowest BCUT2D eigenvalue weighted by atomic mass is 10.1. The number of pyridine rings is 1. The maximum absolute atomic E-state index is 11.4. The van der Waals surface area contributed by atoms with Crippen molar-refractivity contribution in [1.29, 1.82) is 0 Å². The molecule has 0 spiro atoms. The van der Waals surface area contributed by atoms with Crippen LogP contribution in [-0.4, -0.2) is 20.7 Å². The van der Waals surface area contributed by atoms with Crippen molar-refractivity contribution < 1.29 is 9.90 Å². The smallest absolute Gasteiger partial charge is 0.341 e. The fraction of sp³-hybridized carbons (Fsp3) is 0. The molecule has 0 atom stereocenters. The fourth-order valence-electron chi connectivity index (χ4n) is 1.91. The number of hydrogen-bond donors (Lipinski definition) is 2. The Balaban J connectivity index is 2.10. The molecule has 8 nitrogen and oxygen atoms in total. The summed E-state index contributed by atoms with van der Waals surface area (Å²) in [6, 6.07) is 9.54. The van der Waals surface area contributed by atoms with Crippen LogP contribution in [0.1, 0.15) is 10.4 Å². The van der Waals surface area contributed by atoms with E-state index in [1.54, 1.807) is 36.5 Å². The molecule has 0 unspecified atom stereocenters. The van der Waals surface area contributed by atoms with Crippen molar-refractivity contribution in [2.75, 3.05) is 10.5 Å². The number of nitrogens with one attached hydrogen (secondary N) is 1. The molecule has 0 aliphatic carbocycles. The maximum atomic E-state index is 11.4. The van der Waals surface area contributed by atoms with Gasteiger partial charge in [0.2, 0.25) is 0 Å². The van der Waals surface area contributed by atoms with Gasteiger partial charge in [-0.15, -0.1) is 0 Å². The molecule has 2 heterocycles. The van der Waals surface area contributed by atoms with Crippen molar-refractivity contribution in [3.63, 3.8) is 0 Å². The molecule has 0 aliphatic heterocycles. The van der Waals surface area contributed by atoms with Gasteiger partial charge < -0.3 is 5.11 Å². The van der Waals surface area contributed by atoms with Crippen LogP contribution in [0.5, 0.6) is 0 Å². The van der Waals surface area contributed by atoms with E-state index in [2.05, 4.69) is 10.5 Å². The summed E-state index contributed by atoms with van der Waals surface area (Å²) >= 11 is 0. The molecule has 0 aliphatic rings. The van der Waals surface area contributed by atoms with E-state index in [0.717, 1.165) is 4.68 Å². The number of hydrazine groups is 1. The third-order valence-electron chi connectivity index (χ3n) is 3.02. The molecule has 0 saturated carbocycles. The molecule has 8 heteroatoms. The van der Waals surface area contributed by atoms with Crippen LogP contribution in [0.2, 0.25) is 0 Å². The molecule has 2 aromatic heterocycles. The summed E-state index contributed by atoms with van der Waals surface area (Å²) in [5.74, 6) is -1.13. The Morgan fingerprint density at radius 2 is 1.86 bits per heavy atom. The number of nitrogens with zero attached hydrogens (tertiary/aromatic N) is 3. The van der Waals surface area contributed by atoms with Crippen LogP contribution in [0.25, 0.3) is 0 Å². The van der Waals surface area contributed by atoms with Gasteiger partial charge in [0, 0.05) is 6.20 Å². The van der Waals surface area contributed by atoms with Gasteiger partial charge in [0.25, 0.3) is 0 Å². The van der Waals surface area contributed by atoms with Crippen molar-refractivity contribution in [1.82, 2.24) is 9.66 Å². The fourth-order valence-corrected chi connectivity index (χ4v) is 1.91. The minimum atomic E-state index is -1.13. The van der Waals surface area contributed by atoms with Crippen LogP contribution >= 0.6 is 0 Å². The minimum Gasteiger partial charge on any atom is -0.478 e. The Hall–Kier alpha value is -3.42. The summed E-state index contributed by atoms with van der Waals surface area (Å²) in [4.78, 5) is 37.7. The number of aromatic nitrogens is 2. The molecule has 110 valence electrons. The lowest BCUT2D eigenvalue weighted by Gasteiger charge is -2.25. The third-order valence-corrected chi connectivity index (χ3v) is 3.02. The predicted molar refractivity (Wildman–Crippen MR) is 78.5 cm³/mol. The van der Waals surface area contributed by atoms with Crippen LogP contribution in [0.4, 0.5) is 11.4 Å². The molecule has 0 bridgehead atoms. The highest BCUT2D eigenvalue weighted by molar-refractivity contribution is 5.95. The van der Waals surface area contributed by atoms with Crippen molar-refractivity contribution in [3.05, 3.63) is 75.1 Å². The van der Waals surface area contributed by atoms with Gasteiger partial charge in [-0.2, -0.15) is 4.68 Å². The van der Waals surface area contributed by atoms with E-state index in [4.69, 9.17) is 0 Å². The van der Waals surface area contributed by atoms with E-state index in [0.29, 0.717) is 5.69 Å². The Morgan fingerprint density at radius 3 is 2.45 bits per heavy atom. The molecule has 3 rings (SSSR count). The van der Waals surface area contributed by atoms with E-state index >= 15 is 0 Å². The Morgan fingerprint density at radius 1 is 1.14 bits per heavy atom. The minimum absolute atomic E-state index is 0.0144. The normalized spacial score (nSPS) is 10.5. The zero-order chi connectivity index (χ0) is 15.7. The molecule has 0 fully saturated rings. The first-order valence-corrected chi connectivity index (χ1v) is 6.27. The van der Waals surface area contributed by atoms with Gasteiger partial charge in [0.15, 0.2) is 0 Å². The number of anilines is 2. The number of carboxylic acid groups (broad SMARTS) is 1. The first-order chi connectivity index (χ1) is 10.6. The summed E-state index contributed by atoms with van der Waals surface area (Å²) < 4.78 is 0.783. The zero-order valence-corrected chi connectivity index (χ0v) is 11.1. The standard InChI is InChI=1S/C14H10N4O4/c19-12-13(20)18(12)16-17(9-4-3-7-15-8-9)11-6-2-1-5-10(11)14(21)22/h1-8,16H,(H,21,22). The SMILES string of the molecule is O=C(O)c1ccccc1N(Nn1c(=O)c1=O)c1cccnc1. The van der Waals surface area contributed by atoms with E-state index in [1.807, 2.05) is 0 Å². The second-order valence-electron chi connectivity index (χ2n) is 4.41. The van der Waals surface area contributed by atoms with Crippen molar-refractivity contribution >= 4 is 17.3 Å². The van der Waals surface area contributed by atoms with Crippen molar-refractivity contribution in [2.24, 2.45) is 0 Å². The monoisotopic (exact) mass is 298 g/mol. The zero-order valence-electron chi connectivity index (χ0n) is 11.1. The van der Waals surface area contributed by atoms with E-state index < -0.39 is 17.1 Å². The van der Waals surface area contributed by atoms with E-state index in [-0.39, 0.29) is 11.3 Å².